The van der Waals surface area contributed by atoms with Crippen molar-refractivity contribution in [2.75, 3.05) is 0 Å². The van der Waals surface area contributed by atoms with Crippen molar-refractivity contribution in [3.63, 3.8) is 0 Å². The molecule has 0 aromatic rings. The van der Waals surface area contributed by atoms with Crippen LogP contribution in [0.5, 0.6) is 0 Å². The van der Waals surface area contributed by atoms with Crippen LogP contribution in [0.15, 0.2) is 23.5 Å². The van der Waals surface area contributed by atoms with Gasteiger partial charge in [-0.05, 0) is 17.4 Å². The topological polar surface area (TPSA) is 9.23 Å². The maximum Gasteiger partial charge on any atom is 0.204 e. The van der Waals surface area contributed by atoms with Crippen molar-refractivity contribution in [2.45, 2.75) is 59.2 Å². The van der Waals surface area contributed by atoms with E-state index in [9.17, 15) is 0 Å². The first-order chi connectivity index (χ1) is 7.26. The molecule has 16 heavy (non-hydrogen) atoms. The van der Waals surface area contributed by atoms with Crippen LogP contribution in [0, 0.1) is 5.41 Å². The number of ether oxygens (including phenoxy) is 1. The number of hydrogen-bond donors (Lipinski definition) is 0. The molecule has 0 bridgehead atoms. The first kappa shape index (κ1) is 13.8. The van der Waals surface area contributed by atoms with Gasteiger partial charge in [-0.15, -0.1) is 0 Å². The van der Waals surface area contributed by atoms with Crippen LogP contribution < -0.4 is 0 Å². The molecule has 0 saturated carbocycles. The minimum absolute atomic E-state index is 0.0169. The molecule has 0 aromatic heterocycles. The van der Waals surface area contributed by atoms with Crippen molar-refractivity contribution in [1.29, 1.82) is 0 Å². The Labute approximate surface area is 103 Å². The predicted octanol–water partition coefficient (Wildman–Crippen LogP) is 4.39. The monoisotopic (exact) mass is 241 g/mol. The normalized spacial score (nSPS) is 21.1. The quantitative estimate of drug-likeness (QED) is 0.666. The van der Waals surface area contributed by atoms with E-state index < -0.39 is 0 Å². The molecular formula is C14H26OP+. The molecule has 2 atom stereocenters. The largest absolute Gasteiger partial charge is 0.460 e. The lowest BCUT2D eigenvalue weighted by molar-refractivity contribution is 0.0843. The Morgan fingerprint density at radius 3 is 2.44 bits per heavy atom. The zero-order chi connectivity index (χ0) is 12.4. The van der Waals surface area contributed by atoms with Crippen LogP contribution in [-0.2, 0) is 4.74 Å². The third kappa shape index (κ3) is 3.63. The average molecular weight is 241 g/mol. The molecule has 92 valence electrons. The first-order valence-electron chi connectivity index (χ1n) is 6.21. The molecule has 1 rings (SSSR count). The van der Waals surface area contributed by atoms with Gasteiger partial charge >= 0.3 is 0 Å². The van der Waals surface area contributed by atoms with Crippen LogP contribution in [-0.4, -0.2) is 5.34 Å². The van der Waals surface area contributed by atoms with Crippen LogP contribution in [0.1, 0.15) is 53.9 Å². The highest BCUT2D eigenvalue weighted by Crippen LogP contribution is 2.38. The summed E-state index contributed by atoms with van der Waals surface area (Å²) in [5, 5.41) is -0.0169. The highest BCUT2D eigenvalue weighted by molar-refractivity contribution is 7.18. The molecule has 1 nitrogen and oxygen atoms in total. The third-order valence-corrected chi connectivity index (χ3v) is 3.69. The van der Waals surface area contributed by atoms with Gasteiger partial charge < -0.3 is 4.74 Å². The second kappa shape index (κ2) is 4.92. The van der Waals surface area contributed by atoms with Crippen LogP contribution in [0.2, 0.25) is 0 Å². The van der Waals surface area contributed by atoms with Crippen LogP contribution in [0.3, 0.4) is 0 Å². The molecule has 0 fully saturated rings. The lowest BCUT2D eigenvalue weighted by atomic mass is 9.82. The Kier molecular flexibility index (Phi) is 4.23. The Hall–Kier alpha value is -0.290. The summed E-state index contributed by atoms with van der Waals surface area (Å²) < 4.78 is 6.21. The van der Waals surface area contributed by atoms with Gasteiger partial charge in [0, 0.05) is 29.0 Å². The molecule has 2 heteroatoms. The van der Waals surface area contributed by atoms with Gasteiger partial charge in [0.1, 0.15) is 5.76 Å². The summed E-state index contributed by atoms with van der Waals surface area (Å²) in [6, 6.07) is 0. The second-order valence-corrected chi connectivity index (χ2v) is 7.43. The fraction of sp³-hybridized carbons (Fsp3) is 0.714. The maximum absolute atomic E-state index is 6.21. The van der Waals surface area contributed by atoms with E-state index in [0.29, 0.717) is 0 Å². The zero-order valence-electron chi connectivity index (χ0n) is 11.4. The highest BCUT2D eigenvalue weighted by atomic mass is 31.0. The lowest BCUT2D eigenvalue weighted by Gasteiger charge is -2.30. The molecule has 0 radical (unpaired) electrons. The molecular weight excluding hydrogens is 215 g/mol. The SMILES string of the molecule is CCC(C)([PH3+])OC1=C(C(C)(C)C)C=CCC1. The van der Waals surface area contributed by atoms with Crippen LogP contribution >= 0.6 is 9.24 Å². The lowest BCUT2D eigenvalue weighted by Crippen LogP contribution is -2.22. The van der Waals surface area contributed by atoms with Gasteiger partial charge in [0.25, 0.3) is 0 Å². The first-order valence-corrected chi connectivity index (χ1v) is 6.91. The Morgan fingerprint density at radius 2 is 1.94 bits per heavy atom. The molecule has 0 saturated heterocycles. The molecule has 0 heterocycles. The molecule has 0 spiro atoms. The van der Waals surface area contributed by atoms with Crippen molar-refractivity contribution in [3.05, 3.63) is 23.5 Å². The van der Waals surface area contributed by atoms with Crippen molar-refractivity contribution in [3.8, 4) is 0 Å². The molecule has 0 N–H and O–H groups in total. The van der Waals surface area contributed by atoms with Gasteiger partial charge in [-0.2, -0.15) is 0 Å². The average Bonchev–Trinajstić information content (AvgIpc) is 2.16. The van der Waals surface area contributed by atoms with Gasteiger partial charge in [0.05, 0.1) is 0 Å². The van der Waals surface area contributed by atoms with Gasteiger partial charge in [0.15, 0.2) is 0 Å². The molecule has 1 aliphatic rings. The van der Waals surface area contributed by atoms with E-state index in [-0.39, 0.29) is 10.8 Å². The summed E-state index contributed by atoms with van der Waals surface area (Å²) in [6.07, 6.45) is 7.72. The Bertz CT molecular complexity index is 305. The fourth-order valence-electron chi connectivity index (χ4n) is 1.79. The molecule has 0 aromatic carbocycles. The summed E-state index contributed by atoms with van der Waals surface area (Å²) >= 11 is 0. The molecule has 2 unspecified atom stereocenters. The standard InChI is InChI=1S/C14H25OP/c1-6-14(5,16)15-12-10-8-7-9-11(12)13(2,3)4/h7,9H,6,8,10,16H2,1-5H3/p+1. The van der Waals surface area contributed by atoms with E-state index in [2.05, 4.69) is 46.8 Å². The number of allylic oxidation sites excluding steroid dienone is 4. The maximum atomic E-state index is 6.21. The van der Waals surface area contributed by atoms with Crippen molar-refractivity contribution in [2.24, 2.45) is 5.41 Å². The summed E-state index contributed by atoms with van der Waals surface area (Å²) in [6.45, 7) is 11.1. The zero-order valence-corrected chi connectivity index (χ0v) is 12.8. The van der Waals surface area contributed by atoms with E-state index in [0.717, 1.165) is 19.3 Å². The summed E-state index contributed by atoms with van der Waals surface area (Å²) in [7, 11) is 1.95. The summed E-state index contributed by atoms with van der Waals surface area (Å²) in [5.74, 6) is 1.20. The van der Waals surface area contributed by atoms with E-state index in [1.54, 1.807) is 0 Å². The van der Waals surface area contributed by atoms with Crippen LogP contribution in [0.4, 0.5) is 0 Å². The molecule has 0 amide bonds. The third-order valence-electron chi connectivity index (χ3n) is 3.05. The smallest absolute Gasteiger partial charge is 0.204 e. The van der Waals surface area contributed by atoms with E-state index in [1.807, 2.05) is 9.24 Å². The van der Waals surface area contributed by atoms with Gasteiger partial charge in [-0.3, -0.25) is 0 Å². The predicted molar refractivity (Wildman–Crippen MR) is 75.7 cm³/mol. The highest BCUT2D eigenvalue weighted by Gasteiger charge is 2.28. The summed E-state index contributed by atoms with van der Waals surface area (Å²) in [5.41, 5.74) is 1.55. The van der Waals surface area contributed by atoms with Gasteiger partial charge in [-0.1, -0.05) is 39.8 Å². The minimum atomic E-state index is -0.0169. The Morgan fingerprint density at radius 1 is 1.31 bits per heavy atom. The number of hydrogen-bond acceptors (Lipinski definition) is 1. The van der Waals surface area contributed by atoms with E-state index in [4.69, 9.17) is 4.74 Å². The van der Waals surface area contributed by atoms with Gasteiger partial charge in [-0.25, -0.2) is 0 Å². The minimum Gasteiger partial charge on any atom is -0.460 e. The van der Waals surface area contributed by atoms with E-state index >= 15 is 0 Å². The summed E-state index contributed by atoms with van der Waals surface area (Å²) in [4.78, 5) is 0. The van der Waals surface area contributed by atoms with Crippen LogP contribution in [0.25, 0.3) is 0 Å². The molecule has 0 aliphatic heterocycles. The second-order valence-electron chi connectivity index (χ2n) is 5.93. The Balaban J connectivity index is 2.97. The fourth-order valence-corrected chi connectivity index (χ4v) is 1.96. The number of rotatable bonds is 3. The van der Waals surface area contributed by atoms with E-state index in [1.165, 1.54) is 11.3 Å². The van der Waals surface area contributed by atoms with Crippen molar-refractivity contribution >= 4 is 9.24 Å². The van der Waals surface area contributed by atoms with Crippen molar-refractivity contribution in [1.82, 2.24) is 0 Å². The van der Waals surface area contributed by atoms with Crippen molar-refractivity contribution < 1.29 is 4.74 Å². The van der Waals surface area contributed by atoms with Gasteiger partial charge in [0.2, 0.25) is 5.34 Å². The molecule has 1 aliphatic carbocycles.